The molecule has 2 unspecified atom stereocenters. The summed E-state index contributed by atoms with van der Waals surface area (Å²) in [7, 11) is 0. The minimum absolute atomic E-state index is 0.151. The third-order valence-electron chi connectivity index (χ3n) is 2.91. The Morgan fingerprint density at radius 2 is 2.32 bits per heavy atom. The number of ether oxygens (including phenoxy) is 1. The Balaban J connectivity index is 2.23. The molecular formula is C13H20ClN3O2. The molecule has 0 fully saturated rings. The summed E-state index contributed by atoms with van der Waals surface area (Å²) in [6.07, 6.45) is 2.38. The molecule has 1 aromatic heterocycles. The van der Waals surface area contributed by atoms with E-state index in [-0.39, 0.29) is 11.8 Å². The van der Waals surface area contributed by atoms with Crippen LogP contribution >= 0.6 is 11.6 Å². The number of aromatic nitrogens is 1. The highest BCUT2D eigenvalue weighted by Gasteiger charge is 2.18. The van der Waals surface area contributed by atoms with Crippen LogP contribution in [0.25, 0.3) is 0 Å². The SMILES string of the molecule is CCC(C)C(N)C(=O)NCCOc1ccc(Cl)cn1. The number of nitrogens with two attached hydrogens (primary N) is 1. The van der Waals surface area contributed by atoms with Gasteiger partial charge in [0.1, 0.15) is 6.61 Å². The van der Waals surface area contributed by atoms with Gasteiger partial charge in [-0.25, -0.2) is 4.98 Å². The molecule has 106 valence electrons. The molecule has 1 rings (SSSR count). The maximum atomic E-state index is 11.7. The van der Waals surface area contributed by atoms with E-state index in [2.05, 4.69) is 10.3 Å². The van der Waals surface area contributed by atoms with Gasteiger partial charge in [-0.2, -0.15) is 0 Å². The van der Waals surface area contributed by atoms with Crippen molar-refractivity contribution >= 4 is 17.5 Å². The minimum atomic E-state index is -0.473. The number of nitrogens with zero attached hydrogens (tertiary/aromatic N) is 1. The average molecular weight is 286 g/mol. The number of nitrogens with one attached hydrogen (secondary N) is 1. The summed E-state index contributed by atoms with van der Waals surface area (Å²) < 4.78 is 5.35. The lowest BCUT2D eigenvalue weighted by molar-refractivity contribution is -0.123. The van der Waals surface area contributed by atoms with Crippen LogP contribution in [0.15, 0.2) is 18.3 Å². The first-order valence-electron chi connectivity index (χ1n) is 6.32. The fraction of sp³-hybridized carbons (Fsp3) is 0.538. The fourth-order valence-corrected chi connectivity index (χ4v) is 1.52. The first-order chi connectivity index (χ1) is 9.04. The quantitative estimate of drug-likeness (QED) is 0.746. The number of hydrogen-bond acceptors (Lipinski definition) is 4. The smallest absolute Gasteiger partial charge is 0.237 e. The number of carbonyl (C=O) groups is 1. The molecule has 2 atom stereocenters. The third-order valence-corrected chi connectivity index (χ3v) is 3.13. The zero-order valence-corrected chi connectivity index (χ0v) is 12.0. The number of hydrogen-bond donors (Lipinski definition) is 2. The number of pyridine rings is 1. The van der Waals surface area contributed by atoms with Gasteiger partial charge in [0, 0.05) is 12.3 Å². The van der Waals surface area contributed by atoms with Crippen LogP contribution in [0.3, 0.4) is 0 Å². The van der Waals surface area contributed by atoms with E-state index in [1.165, 1.54) is 6.20 Å². The molecule has 1 amide bonds. The van der Waals surface area contributed by atoms with Crippen molar-refractivity contribution in [2.75, 3.05) is 13.2 Å². The molecular weight excluding hydrogens is 266 g/mol. The predicted molar refractivity (Wildman–Crippen MR) is 75.2 cm³/mol. The summed E-state index contributed by atoms with van der Waals surface area (Å²) in [6.45, 7) is 4.70. The van der Waals surface area contributed by atoms with Gasteiger partial charge in [-0.15, -0.1) is 0 Å². The summed E-state index contributed by atoms with van der Waals surface area (Å²) in [5, 5.41) is 3.29. The maximum absolute atomic E-state index is 11.7. The van der Waals surface area contributed by atoms with Gasteiger partial charge in [0.2, 0.25) is 11.8 Å². The molecule has 6 heteroatoms. The molecule has 5 nitrogen and oxygen atoms in total. The lowest BCUT2D eigenvalue weighted by atomic mass is 9.99. The van der Waals surface area contributed by atoms with E-state index >= 15 is 0 Å². The Labute approximate surface area is 118 Å². The van der Waals surface area contributed by atoms with E-state index in [4.69, 9.17) is 22.1 Å². The van der Waals surface area contributed by atoms with E-state index in [1.807, 2.05) is 13.8 Å². The monoisotopic (exact) mass is 285 g/mol. The Kier molecular flexibility index (Phi) is 6.59. The molecule has 0 spiro atoms. The highest BCUT2D eigenvalue weighted by molar-refractivity contribution is 6.30. The van der Waals surface area contributed by atoms with Gasteiger partial charge in [0.05, 0.1) is 17.6 Å². The van der Waals surface area contributed by atoms with Crippen LogP contribution in [0.5, 0.6) is 5.88 Å². The number of halogens is 1. The first-order valence-corrected chi connectivity index (χ1v) is 6.70. The van der Waals surface area contributed by atoms with E-state index in [1.54, 1.807) is 12.1 Å². The second-order valence-corrected chi connectivity index (χ2v) is 4.80. The van der Waals surface area contributed by atoms with Crippen molar-refractivity contribution < 1.29 is 9.53 Å². The van der Waals surface area contributed by atoms with Gasteiger partial charge in [0.15, 0.2) is 0 Å². The second kappa shape index (κ2) is 7.96. The molecule has 1 heterocycles. The summed E-state index contributed by atoms with van der Waals surface area (Å²) in [4.78, 5) is 15.7. The summed E-state index contributed by atoms with van der Waals surface area (Å²) in [5.41, 5.74) is 5.80. The second-order valence-electron chi connectivity index (χ2n) is 4.37. The molecule has 0 radical (unpaired) electrons. The van der Waals surface area contributed by atoms with Crippen molar-refractivity contribution in [2.45, 2.75) is 26.3 Å². The molecule has 0 aliphatic rings. The van der Waals surface area contributed by atoms with Gasteiger partial charge in [-0.05, 0) is 12.0 Å². The first kappa shape index (κ1) is 15.7. The molecule has 1 aromatic rings. The Hall–Kier alpha value is -1.33. The van der Waals surface area contributed by atoms with Crippen LogP contribution < -0.4 is 15.8 Å². The normalized spacial score (nSPS) is 13.7. The van der Waals surface area contributed by atoms with E-state index in [0.29, 0.717) is 24.1 Å². The van der Waals surface area contributed by atoms with Gasteiger partial charge < -0.3 is 15.8 Å². The van der Waals surface area contributed by atoms with Gasteiger partial charge in [0.25, 0.3) is 0 Å². The lowest BCUT2D eigenvalue weighted by Crippen LogP contribution is -2.45. The molecule has 0 bridgehead atoms. The zero-order valence-electron chi connectivity index (χ0n) is 11.2. The molecule has 19 heavy (non-hydrogen) atoms. The third kappa shape index (κ3) is 5.44. The number of rotatable bonds is 7. The Morgan fingerprint density at radius 1 is 1.58 bits per heavy atom. The van der Waals surface area contributed by atoms with Crippen molar-refractivity contribution in [3.63, 3.8) is 0 Å². The van der Waals surface area contributed by atoms with Crippen LogP contribution in [0.4, 0.5) is 0 Å². The van der Waals surface area contributed by atoms with Gasteiger partial charge in [-0.1, -0.05) is 31.9 Å². The molecule has 0 saturated heterocycles. The minimum Gasteiger partial charge on any atom is -0.476 e. The van der Waals surface area contributed by atoms with Gasteiger partial charge in [-0.3, -0.25) is 4.79 Å². The van der Waals surface area contributed by atoms with Crippen molar-refractivity contribution in [3.8, 4) is 5.88 Å². The fourth-order valence-electron chi connectivity index (χ4n) is 1.41. The zero-order chi connectivity index (χ0) is 14.3. The summed E-state index contributed by atoms with van der Waals surface area (Å²) in [5.74, 6) is 0.491. The average Bonchev–Trinajstić information content (AvgIpc) is 2.43. The lowest BCUT2D eigenvalue weighted by Gasteiger charge is -2.17. The van der Waals surface area contributed by atoms with Crippen LogP contribution in [-0.4, -0.2) is 30.1 Å². The van der Waals surface area contributed by atoms with Crippen molar-refractivity contribution in [1.82, 2.24) is 10.3 Å². The van der Waals surface area contributed by atoms with Crippen molar-refractivity contribution in [3.05, 3.63) is 23.4 Å². The number of amides is 1. The Bertz CT molecular complexity index is 397. The topological polar surface area (TPSA) is 77.2 Å². The largest absolute Gasteiger partial charge is 0.476 e. The summed E-state index contributed by atoms with van der Waals surface area (Å²) >= 11 is 5.70. The van der Waals surface area contributed by atoms with E-state index in [9.17, 15) is 4.79 Å². The van der Waals surface area contributed by atoms with Crippen molar-refractivity contribution in [1.29, 1.82) is 0 Å². The van der Waals surface area contributed by atoms with Crippen molar-refractivity contribution in [2.24, 2.45) is 11.7 Å². The standard InChI is InChI=1S/C13H20ClN3O2/c1-3-9(2)12(15)13(18)16-6-7-19-11-5-4-10(14)8-17-11/h4-5,8-9,12H,3,6-7,15H2,1-2H3,(H,16,18). The van der Waals surface area contributed by atoms with Crippen LogP contribution in [0.2, 0.25) is 5.02 Å². The molecule has 0 aliphatic carbocycles. The summed E-state index contributed by atoms with van der Waals surface area (Å²) in [6, 6.07) is 2.90. The molecule has 0 saturated carbocycles. The predicted octanol–water partition coefficient (Wildman–Crippen LogP) is 1.60. The molecule has 3 N–H and O–H groups in total. The molecule has 0 aliphatic heterocycles. The highest BCUT2D eigenvalue weighted by atomic mass is 35.5. The number of carbonyl (C=O) groups excluding carboxylic acids is 1. The van der Waals surface area contributed by atoms with E-state index in [0.717, 1.165) is 6.42 Å². The van der Waals surface area contributed by atoms with E-state index < -0.39 is 6.04 Å². The van der Waals surface area contributed by atoms with Crippen LogP contribution in [-0.2, 0) is 4.79 Å². The van der Waals surface area contributed by atoms with Crippen LogP contribution in [0.1, 0.15) is 20.3 Å². The maximum Gasteiger partial charge on any atom is 0.237 e. The molecule has 0 aromatic carbocycles. The Morgan fingerprint density at radius 3 is 2.89 bits per heavy atom. The highest BCUT2D eigenvalue weighted by Crippen LogP contribution is 2.11. The van der Waals surface area contributed by atoms with Gasteiger partial charge >= 0.3 is 0 Å². The van der Waals surface area contributed by atoms with Crippen LogP contribution in [0, 0.1) is 5.92 Å².